The molecule has 3 rings (SSSR count). The molecule has 1 aromatic carbocycles. The average Bonchev–Trinajstić information content (AvgIpc) is 3.22. The third-order valence-corrected chi connectivity index (χ3v) is 6.31. The van der Waals surface area contributed by atoms with Crippen LogP contribution in [0.25, 0.3) is 0 Å². The van der Waals surface area contributed by atoms with Crippen LogP contribution < -0.4 is 15.4 Å². The van der Waals surface area contributed by atoms with Crippen LogP contribution in [-0.2, 0) is 19.2 Å². The molecule has 0 aliphatic carbocycles. The van der Waals surface area contributed by atoms with Gasteiger partial charge >= 0.3 is 0 Å². The van der Waals surface area contributed by atoms with Crippen LogP contribution in [0.1, 0.15) is 23.7 Å². The van der Waals surface area contributed by atoms with E-state index in [2.05, 4.69) is 10.6 Å². The molecule has 3 atom stereocenters. The molecule has 2 aliphatic rings. The molecule has 2 heterocycles. The number of nitrogens with one attached hydrogen (secondary N) is 2. The van der Waals surface area contributed by atoms with E-state index >= 15 is 0 Å². The Morgan fingerprint density at radius 3 is 2.49 bits per heavy atom. The molecule has 0 unspecified atom stereocenters. The van der Waals surface area contributed by atoms with Gasteiger partial charge in [0.15, 0.2) is 0 Å². The van der Waals surface area contributed by atoms with E-state index in [-0.39, 0.29) is 62.0 Å². The highest BCUT2D eigenvalue weighted by molar-refractivity contribution is 5.96. The maximum Gasteiger partial charge on any atom is 0.253 e. The highest BCUT2D eigenvalue weighted by Gasteiger charge is 2.37. The standard InChI is InChI=1S/C25H36N6O6/c1-16(32)26-18-10-19-15-37-20-8-6-7-17(9-20)24(35)29(4)12-21(27-22(33)13-28(2)3)25(36)30(5)14-23(34)31(19)11-18/h6-9,18-19,21H,10-15H2,1-5H3,(H,26,32)(H,27,33)/t18-,19-,21-/m0/s1. The second kappa shape index (κ2) is 12.0. The molecule has 5 amide bonds. The molecule has 1 saturated heterocycles. The van der Waals surface area contributed by atoms with Gasteiger partial charge in [0.1, 0.15) is 18.4 Å². The smallest absolute Gasteiger partial charge is 0.253 e. The Hall–Kier alpha value is -3.67. The lowest BCUT2D eigenvalue weighted by Crippen LogP contribution is -2.56. The molecule has 1 aromatic rings. The highest BCUT2D eigenvalue weighted by Crippen LogP contribution is 2.22. The number of amides is 5. The van der Waals surface area contributed by atoms with E-state index in [9.17, 15) is 24.0 Å². The fourth-order valence-corrected chi connectivity index (χ4v) is 4.61. The molecule has 2 N–H and O–H groups in total. The summed E-state index contributed by atoms with van der Waals surface area (Å²) < 4.78 is 5.96. The van der Waals surface area contributed by atoms with Gasteiger partial charge in [0.05, 0.1) is 19.1 Å². The Morgan fingerprint density at radius 1 is 1.08 bits per heavy atom. The fraction of sp³-hybridized carbons (Fsp3) is 0.560. The average molecular weight is 517 g/mol. The summed E-state index contributed by atoms with van der Waals surface area (Å²) in [7, 11) is 6.50. The number of nitrogens with zero attached hydrogens (tertiary/aromatic N) is 4. The van der Waals surface area contributed by atoms with Crippen LogP contribution in [0.15, 0.2) is 24.3 Å². The van der Waals surface area contributed by atoms with Gasteiger partial charge in [0, 0.05) is 45.7 Å². The van der Waals surface area contributed by atoms with Crippen molar-refractivity contribution in [1.29, 1.82) is 0 Å². The van der Waals surface area contributed by atoms with Gasteiger partial charge in [-0.25, -0.2) is 0 Å². The molecule has 37 heavy (non-hydrogen) atoms. The second-order valence-electron chi connectivity index (χ2n) is 9.91. The van der Waals surface area contributed by atoms with E-state index in [0.29, 0.717) is 24.3 Å². The lowest BCUT2D eigenvalue weighted by molar-refractivity contribution is -0.142. The number of rotatable bonds is 4. The van der Waals surface area contributed by atoms with E-state index in [1.165, 1.54) is 23.8 Å². The summed E-state index contributed by atoms with van der Waals surface area (Å²) in [5.74, 6) is -1.24. The second-order valence-corrected chi connectivity index (χ2v) is 9.91. The molecular formula is C25H36N6O6. The minimum absolute atomic E-state index is 0.0590. The maximum absolute atomic E-state index is 13.4. The van der Waals surface area contributed by atoms with Crippen LogP contribution in [-0.4, -0.2) is 128 Å². The summed E-state index contributed by atoms with van der Waals surface area (Å²) in [5, 5.41) is 5.56. The van der Waals surface area contributed by atoms with E-state index in [1.807, 2.05) is 0 Å². The van der Waals surface area contributed by atoms with Crippen LogP contribution in [0.3, 0.4) is 0 Å². The third kappa shape index (κ3) is 7.42. The summed E-state index contributed by atoms with van der Waals surface area (Å²) in [4.78, 5) is 69.9. The van der Waals surface area contributed by atoms with Crippen molar-refractivity contribution in [3.05, 3.63) is 29.8 Å². The zero-order valence-electron chi connectivity index (χ0n) is 22.0. The van der Waals surface area contributed by atoms with Crippen LogP contribution >= 0.6 is 0 Å². The normalized spacial score (nSPS) is 23.2. The number of hydrogen-bond acceptors (Lipinski definition) is 7. The Bertz CT molecular complexity index is 1050. The van der Waals surface area contributed by atoms with Crippen LogP contribution in [0.5, 0.6) is 5.75 Å². The molecule has 202 valence electrons. The number of hydrogen-bond donors (Lipinski definition) is 2. The molecule has 12 heteroatoms. The topological polar surface area (TPSA) is 132 Å². The van der Waals surface area contributed by atoms with Crippen molar-refractivity contribution < 1.29 is 28.7 Å². The monoisotopic (exact) mass is 516 g/mol. The van der Waals surface area contributed by atoms with E-state index < -0.39 is 11.9 Å². The first-order chi connectivity index (χ1) is 17.4. The van der Waals surface area contributed by atoms with Gasteiger partial charge in [-0.3, -0.25) is 24.0 Å². The van der Waals surface area contributed by atoms with E-state index in [0.717, 1.165) is 0 Å². The Balaban J connectivity index is 1.92. The summed E-state index contributed by atoms with van der Waals surface area (Å²) in [6.07, 6.45) is 0.494. The SMILES string of the molecule is CC(=O)N[C@H]1C[C@H]2COc3cccc(c3)C(=O)N(C)C[C@H](NC(=O)CN(C)C)C(=O)N(C)CC(=O)N2C1. The number of fused-ring (bicyclic) bond motifs is 3. The van der Waals surface area contributed by atoms with Gasteiger partial charge in [0.25, 0.3) is 5.91 Å². The molecule has 12 nitrogen and oxygen atoms in total. The predicted molar refractivity (Wildman–Crippen MR) is 135 cm³/mol. The minimum atomic E-state index is -1.05. The molecule has 2 bridgehead atoms. The van der Waals surface area contributed by atoms with Crippen molar-refractivity contribution >= 4 is 29.5 Å². The molecule has 0 saturated carbocycles. The quantitative estimate of drug-likeness (QED) is 0.512. The van der Waals surface area contributed by atoms with Crippen molar-refractivity contribution in [3.63, 3.8) is 0 Å². The number of carbonyl (C=O) groups excluding carboxylic acids is 5. The maximum atomic E-state index is 13.4. The van der Waals surface area contributed by atoms with E-state index in [4.69, 9.17) is 4.74 Å². The molecule has 0 aromatic heterocycles. The number of benzene rings is 1. The van der Waals surface area contributed by atoms with Crippen LogP contribution in [0.4, 0.5) is 0 Å². The van der Waals surface area contributed by atoms with Gasteiger partial charge in [-0.2, -0.15) is 0 Å². The zero-order chi connectivity index (χ0) is 27.3. The Kier molecular flexibility index (Phi) is 9.09. The number of carbonyl (C=O) groups is 5. The van der Waals surface area contributed by atoms with Crippen molar-refractivity contribution in [2.75, 3.05) is 61.0 Å². The number of ether oxygens (including phenoxy) is 1. The summed E-state index contributed by atoms with van der Waals surface area (Å²) in [5.41, 5.74) is 0.365. The van der Waals surface area contributed by atoms with Gasteiger partial charge in [-0.05, 0) is 38.7 Å². The lowest BCUT2D eigenvalue weighted by atomic mass is 10.1. The van der Waals surface area contributed by atoms with Gasteiger partial charge < -0.3 is 35.0 Å². The largest absolute Gasteiger partial charge is 0.491 e. The van der Waals surface area contributed by atoms with Crippen molar-refractivity contribution in [2.45, 2.75) is 31.5 Å². The van der Waals surface area contributed by atoms with Crippen molar-refractivity contribution in [3.8, 4) is 5.75 Å². The van der Waals surface area contributed by atoms with Gasteiger partial charge in [-0.1, -0.05) is 6.07 Å². The molecule has 0 radical (unpaired) electrons. The molecule has 0 spiro atoms. The molecular weight excluding hydrogens is 480 g/mol. The number of likely N-dealkylation sites (N-methyl/N-ethyl adjacent to an activating group) is 3. The van der Waals surface area contributed by atoms with Crippen LogP contribution in [0.2, 0.25) is 0 Å². The molecule has 2 aliphatic heterocycles. The third-order valence-electron chi connectivity index (χ3n) is 6.31. The Labute approximate surface area is 216 Å². The van der Waals surface area contributed by atoms with Gasteiger partial charge in [-0.15, -0.1) is 0 Å². The fourth-order valence-electron chi connectivity index (χ4n) is 4.61. The first kappa shape index (κ1) is 27.9. The van der Waals surface area contributed by atoms with Gasteiger partial charge in [0.2, 0.25) is 23.6 Å². The van der Waals surface area contributed by atoms with Crippen LogP contribution in [0, 0.1) is 0 Å². The minimum Gasteiger partial charge on any atom is -0.491 e. The zero-order valence-corrected chi connectivity index (χ0v) is 22.0. The lowest BCUT2D eigenvalue weighted by Gasteiger charge is -2.30. The summed E-state index contributed by atoms with van der Waals surface area (Å²) >= 11 is 0. The van der Waals surface area contributed by atoms with Crippen molar-refractivity contribution in [2.24, 2.45) is 0 Å². The summed E-state index contributed by atoms with van der Waals surface area (Å²) in [6, 6.07) is 5.05. The first-order valence-corrected chi connectivity index (χ1v) is 12.2. The highest BCUT2D eigenvalue weighted by atomic mass is 16.5. The predicted octanol–water partition coefficient (Wildman–Crippen LogP) is -1.24. The first-order valence-electron chi connectivity index (χ1n) is 12.2. The Morgan fingerprint density at radius 2 is 1.81 bits per heavy atom. The van der Waals surface area contributed by atoms with E-state index in [1.54, 1.807) is 55.2 Å². The molecule has 1 fully saturated rings. The van der Waals surface area contributed by atoms with Crippen molar-refractivity contribution in [1.82, 2.24) is 30.2 Å². The summed E-state index contributed by atoms with van der Waals surface area (Å²) in [6.45, 7) is 1.62.